The molecule has 0 aliphatic rings. The molecule has 0 aliphatic carbocycles. The van der Waals surface area contributed by atoms with Crippen LogP contribution in [0, 0.1) is 5.92 Å². The lowest BCUT2D eigenvalue weighted by atomic mass is 10.1. The highest BCUT2D eigenvalue weighted by molar-refractivity contribution is 5.93. The molecule has 0 aromatic carbocycles. The van der Waals surface area contributed by atoms with E-state index in [9.17, 15) is 9.59 Å². The number of pyridine rings is 1. The Bertz CT molecular complexity index is 409. The van der Waals surface area contributed by atoms with Gasteiger partial charge in [-0.1, -0.05) is 13.8 Å². The number of H-pyrrole nitrogens is 1. The Labute approximate surface area is 95.3 Å². The molecule has 16 heavy (non-hydrogen) atoms. The van der Waals surface area contributed by atoms with E-state index in [0.29, 0.717) is 19.0 Å². The summed E-state index contributed by atoms with van der Waals surface area (Å²) in [4.78, 5) is 28.0. The third-order valence-corrected chi connectivity index (χ3v) is 2.31. The fraction of sp³-hybridized carbons (Fsp3) is 0.500. The molecule has 88 valence electrons. The highest BCUT2D eigenvalue weighted by Crippen LogP contribution is 2.03. The van der Waals surface area contributed by atoms with Crippen LogP contribution in [0.15, 0.2) is 23.3 Å². The molecule has 4 nitrogen and oxygen atoms in total. The van der Waals surface area contributed by atoms with Crippen molar-refractivity contribution in [3.05, 3.63) is 34.2 Å². The molecule has 1 amide bonds. The minimum Gasteiger partial charge on any atom is -0.367 e. The lowest BCUT2D eigenvalue weighted by Crippen LogP contribution is -2.36. The standard InChI is InChI=1S/C12H18N2O2/c1-4-14(8-9(2)3)12(16)10-7-13-6-5-11(10)15/h5-7,9H,4,8H2,1-3H3,(H,13,15). The van der Waals surface area contributed by atoms with Crippen molar-refractivity contribution in [1.82, 2.24) is 9.88 Å². The maximum atomic E-state index is 12.0. The van der Waals surface area contributed by atoms with E-state index in [2.05, 4.69) is 4.98 Å². The summed E-state index contributed by atoms with van der Waals surface area (Å²) in [6.07, 6.45) is 2.99. The van der Waals surface area contributed by atoms with Crippen molar-refractivity contribution in [2.24, 2.45) is 5.92 Å². The number of nitrogens with one attached hydrogen (secondary N) is 1. The topological polar surface area (TPSA) is 53.2 Å². The van der Waals surface area contributed by atoms with Crippen LogP contribution in [0.4, 0.5) is 0 Å². The number of hydrogen-bond donors (Lipinski definition) is 1. The molecular weight excluding hydrogens is 204 g/mol. The Morgan fingerprint density at radius 2 is 2.19 bits per heavy atom. The fourth-order valence-corrected chi connectivity index (χ4v) is 1.55. The van der Waals surface area contributed by atoms with Crippen molar-refractivity contribution in [1.29, 1.82) is 0 Å². The average molecular weight is 222 g/mol. The van der Waals surface area contributed by atoms with Crippen molar-refractivity contribution >= 4 is 5.91 Å². The first kappa shape index (κ1) is 12.5. The van der Waals surface area contributed by atoms with Gasteiger partial charge in [-0.15, -0.1) is 0 Å². The van der Waals surface area contributed by atoms with Crippen molar-refractivity contribution in [2.75, 3.05) is 13.1 Å². The van der Waals surface area contributed by atoms with Gasteiger partial charge in [0.2, 0.25) is 0 Å². The SMILES string of the molecule is CCN(CC(C)C)C(=O)c1c[nH]ccc1=O. The molecule has 1 rings (SSSR count). The molecule has 0 atom stereocenters. The molecule has 1 heterocycles. The van der Waals surface area contributed by atoms with E-state index in [4.69, 9.17) is 0 Å². The van der Waals surface area contributed by atoms with Gasteiger partial charge >= 0.3 is 0 Å². The third kappa shape index (κ3) is 2.95. The second kappa shape index (κ2) is 5.49. The summed E-state index contributed by atoms with van der Waals surface area (Å²) >= 11 is 0. The molecule has 1 aromatic rings. The Hall–Kier alpha value is -1.58. The van der Waals surface area contributed by atoms with Gasteiger partial charge in [-0.25, -0.2) is 0 Å². The molecule has 0 saturated carbocycles. The van der Waals surface area contributed by atoms with Gasteiger partial charge in [0, 0.05) is 31.5 Å². The number of aromatic amines is 1. The number of carbonyl (C=O) groups excluding carboxylic acids is 1. The molecule has 1 aromatic heterocycles. The minimum absolute atomic E-state index is 0.196. The molecule has 0 unspecified atom stereocenters. The Morgan fingerprint density at radius 1 is 1.50 bits per heavy atom. The van der Waals surface area contributed by atoms with Gasteiger partial charge in [-0.2, -0.15) is 0 Å². The van der Waals surface area contributed by atoms with E-state index < -0.39 is 0 Å². The summed E-state index contributed by atoms with van der Waals surface area (Å²) < 4.78 is 0. The average Bonchev–Trinajstić information content (AvgIpc) is 2.25. The zero-order chi connectivity index (χ0) is 12.1. The minimum atomic E-state index is -0.231. The summed E-state index contributed by atoms with van der Waals surface area (Å²) in [5, 5.41) is 0. The Balaban J connectivity index is 2.92. The molecule has 0 radical (unpaired) electrons. The van der Waals surface area contributed by atoms with Gasteiger partial charge in [-0.05, 0) is 12.8 Å². The predicted molar refractivity (Wildman–Crippen MR) is 63.5 cm³/mol. The van der Waals surface area contributed by atoms with Crippen LogP contribution in [-0.4, -0.2) is 28.9 Å². The third-order valence-electron chi connectivity index (χ3n) is 2.31. The first-order valence-electron chi connectivity index (χ1n) is 5.52. The summed E-state index contributed by atoms with van der Waals surface area (Å²) in [5.74, 6) is 0.199. The fourth-order valence-electron chi connectivity index (χ4n) is 1.55. The van der Waals surface area contributed by atoms with Crippen molar-refractivity contribution in [2.45, 2.75) is 20.8 Å². The maximum absolute atomic E-state index is 12.0. The smallest absolute Gasteiger partial charge is 0.259 e. The van der Waals surface area contributed by atoms with E-state index in [-0.39, 0.29) is 16.9 Å². The number of amides is 1. The molecule has 0 spiro atoms. The van der Waals surface area contributed by atoms with Gasteiger partial charge in [0.1, 0.15) is 5.56 Å². The summed E-state index contributed by atoms with van der Waals surface area (Å²) in [6, 6.07) is 1.37. The summed E-state index contributed by atoms with van der Waals surface area (Å²) in [7, 11) is 0. The zero-order valence-corrected chi connectivity index (χ0v) is 9.99. The summed E-state index contributed by atoms with van der Waals surface area (Å²) in [5.41, 5.74) is -0.0176. The van der Waals surface area contributed by atoms with E-state index in [1.807, 2.05) is 20.8 Å². The van der Waals surface area contributed by atoms with Gasteiger partial charge in [0.25, 0.3) is 5.91 Å². The largest absolute Gasteiger partial charge is 0.367 e. The van der Waals surface area contributed by atoms with Crippen LogP contribution in [-0.2, 0) is 0 Å². The predicted octanol–water partition coefficient (Wildman–Crippen LogP) is 1.49. The lowest BCUT2D eigenvalue weighted by Gasteiger charge is -2.22. The number of hydrogen-bond acceptors (Lipinski definition) is 2. The Kier molecular flexibility index (Phi) is 4.28. The molecule has 0 fully saturated rings. The van der Waals surface area contributed by atoms with Crippen LogP contribution in [0.3, 0.4) is 0 Å². The van der Waals surface area contributed by atoms with Crippen molar-refractivity contribution in [3.63, 3.8) is 0 Å². The Morgan fingerprint density at radius 3 is 2.69 bits per heavy atom. The van der Waals surface area contributed by atoms with Crippen molar-refractivity contribution < 1.29 is 4.79 Å². The van der Waals surface area contributed by atoms with E-state index >= 15 is 0 Å². The molecule has 1 N–H and O–H groups in total. The first-order valence-corrected chi connectivity index (χ1v) is 5.52. The number of rotatable bonds is 4. The van der Waals surface area contributed by atoms with Crippen LogP contribution in [0.1, 0.15) is 31.1 Å². The van der Waals surface area contributed by atoms with Gasteiger partial charge in [0.15, 0.2) is 5.43 Å². The molecule has 4 heteroatoms. The van der Waals surface area contributed by atoms with E-state index in [1.165, 1.54) is 18.5 Å². The van der Waals surface area contributed by atoms with Crippen LogP contribution in [0.25, 0.3) is 0 Å². The molecular formula is C12H18N2O2. The van der Waals surface area contributed by atoms with E-state index in [0.717, 1.165) is 0 Å². The van der Waals surface area contributed by atoms with E-state index in [1.54, 1.807) is 4.90 Å². The maximum Gasteiger partial charge on any atom is 0.259 e. The molecule has 0 saturated heterocycles. The monoisotopic (exact) mass is 222 g/mol. The second-order valence-corrected chi connectivity index (χ2v) is 4.16. The van der Waals surface area contributed by atoms with Crippen LogP contribution < -0.4 is 5.43 Å². The van der Waals surface area contributed by atoms with Crippen LogP contribution in [0.5, 0.6) is 0 Å². The van der Waals surface area contributed by atoms with Crippen LogP contribution >= 0.6 is 0 Å². The normalized spacial score (nSPS) is 10.5. The lowest BCUT2D eigenvalue weighted by molar-refractivity contribution is 0.0744. The molecule has 0 aliphatic heterocycles. The number of nitrogens with zero attached hydrogens (tertiary/aromatic N) is 1. The zero-order valence-electron chi connectivity index (χ0n) is 9.99. The van der Waals surface area contributed by atoms with Crippen LogP contribution in [0.2, 0.25) is 0 Å². The van der Waals surface area contributed by atoms with Gasteiger partial charge < -0.3 is 9.88 Å². The first-order chi connectivity index (χ1) is 7.56. The van der Waals surface area contributed by atoms with Crippen molar-refractivity contribution in [3.8, 4) is 0 Å². The number of carbonyl (C=O) groups is 1. The highest BCUT2D eigenvalue weighted by atomic mass is 16.2. The van der Waals surface area contributed by atoms with Gasteiger partial charge in [0.05, 0.1) is 0 Å². The summed E-state index contributed by atoms with van der Waals surface area (Å²) in [6.45, 7) is 7.29. The number of aromatic nitrogens is 1. The van der Waals surface area contributed by atoms with Gasteiger partial charge in [-0.3, -0.25) is 9.59 Å². The molecule has 0 bridgehead atoms. The second-order valence-electron chi connectivity index (χ2n) is 4.16. The quantitative estimate of drug-likeness (QED) is 0.839. The highest BCUT2D eigenvalue weighted by Gasteiger charge is 2.17.